The van der Waals surface area contributed by atoms with Gasteiger partial charge >= 0.3 is 0 Å². The van der Waals surface area contributed by atoms with Crippen LogP contribution in [0.1, 0.15) is 62.5 Å². The zero-order valence-corrected chi connectivity index (χ0v) is 24.0. The summed E-state index contributed by atoms with van der Waals surface area (Å²) < 4.78 is 13.2. The molecule has 2 aromatic rings. The summed E-state index contributed by atoms with van der Waals surface area (Å²) in [6.45, 7) is 3.52. The van der Waals surface area contributed by atoms with Crippen LogP contribution in [0, 0.1) is 28.6 Å². The molecule has 8 heteroatoms. The maximum atomic E-state index is 13.7. The first-order valence-corrected chi connectivity index (χ1v) is 15.0. The molecule has 4 fully saturated rings. The van der Waals surface area contributed by atoms with E-state index in [1.165, 1.54) is 0 Å². The molecular weight excluding hydrogens is 532 g/mol. The van der Waals surface area contributed by atoms with Crippen LogP contribution in [0.2, 0.25) is 0 Å². The minimum atomic E-state index is -1.36. The van der Waals surface area contributed by atoms with E-state index in [0.717, 1.165) is 35.1 Å². The third-order valence-electron chi connectivity index (χ3n) is 11.4. The van der Waals surface area contributed by atoms with Gasteiger partial charge in [-0.25, -0.2) is 4.98 Å². The number of ketones is 2. The van der Waals surface area contributed by atoms with Gasteiger partial charge in [-0.05, 0) is 66.9 Å². The number of rotatable bonds is 5. The minimum absolute atomic E-state index is 0.000959. The van der Waals surface area contributed by atoms with Crippen LogP contribution < -0.4 is 5.73 Å². The SMILES string of the molecule is C[C@]12C=CC(=O)C=C1CC[C@@H]1C2[C@@H](O)C[C@@]2(C)C1C[C@H]1O[C@@H](c3ccc(Cc4cccnc4N)cc3)O[C@]12C(=O)CO. The Morgan fingerprint density at radius 2 is 1.98 bits per heavy atom. The van der Waals surface area contributed by atoms with Crippen LogP contribution in [0.3, 0.4) is 0 Å². The molecule has 0 spiro atoms. The van der Waals surface area contributed by atoms with Gasteiger partial charge in [0.25, 0.3) is 0 Å². The molecule has 220 valence electrons. The lowest BCUT2D eigenvalue weighted by Crippen LogP contribution is -2.63. The molecule has 4 N–H and O–H groups in total. The number of nitrogens with two attached hydrogens (primary N) is 1. The summed E-state index contributed by atoms with van der Waals surface area (Å²) in [5, 5.41) is 22.0. The zero-order valence-electron chi connectivity index (χ0n) is 24.0. The van der Waals surface area contributed by atoms with Crippen LogP contribution in [-0.4, -0.2) is 51.2 Å². The van der Waals surface area contributed by atoms with Crippen molar-refractivity contribution in [2.24, 2.45) is 28.6 Å². The van der Waals surface area contributed by atoms with Gasteiger partial charge in [-0.3, -0.25) is 9.59 Å². The van der Waals surface area contributed by atoms with Crippen LogP contribution in [0.25, 0.3) is 0 Å². The number of hydrogen-bond donors (Lipinski definition) is 3. The number of nitrogen functional groups attached to an aromatic ring is 1. The van der Waals surface area contributed by atoms with E-state index in [9.17, 15) is 19.8 Å². The number of hydrogen-bond acceptors (Lipinski definition) is 8. The molecule has 9 atom stereocenters. The van der Waals surface area contributed by atoms with E-state index in [0.29, 0.717) is 25.1 Å². The van der Waals surface area contributed by atoms with Gasteiger partial charge in [-0.2, -0.15) is 0 Å². The van der Waals surface area contributed by atoms with Gasteiger partial charge in [0.15, 0.2) is 23.5 Å². The maximum absolute atomic E-state index is 13.7. The predicted octanol–water partition coefficient (Wildman–Crippen LogP) is 3.86. The third-order valence-corrected chi connectivity index (χ3v) is 11.4. The van der Waals surface area contributed by atoms with Gasteiger partial charge in [0.2, 0.25) is 0 Å². The number of fused-ring (bicyclic) bond motifs is 7. The number of nitrogens with zero attached hydrogens (tertiary/aromatic N) is 1. The van der Waals surface area contributed by atoms with E-state index in [-0.39, 0.29) is 29.3 Å². The summed E-state index contributed by atoms with van der Waals surface area (Å²) in [6.07, 6.45) is 8.23. The summed E-state index contributed by atoms with van der Waals surface area (Å²) in [6, 6.07) is 11.7. The van der Waals surface area contributed by atoms with E-state index in [2.05, 4.69) is 11.9 Å². The number of carbonyl (C=O) groups is 2. The molecule has 1 saturated heterocycles. The first kappa shape index (κ1) is 27.7. The first-order valence-electron chi connectivity index (χ1n) is 15.0. The monoisotopic (exact) mass is 570 g/mol. The fourth-order valence-electron chi connectivity index (χ4n) is 9.45. The van der Waals surface area contributed by atoms with E-state index >= 15 is 0 Å². The van der Waals surface area contributed by atoms with Crippen molar-refractivity contribution < 1.29 is 29.3 Å². The van der Waals surface area contributed by atoms with Gasteiger partial charge in [0.05, 0.1) is 12.2 Å². The zero-order chi connectivity index (χ0) is 29.4. The van der Waals surface area contributed by atoms with Crippen molar-refractivity contribution in [1.29, 1.82) is 0 Å². The Labute approximate surface area is 245 Å². The van der Waals surface area contributed by atoms with Gasteiger partial charge in [0.1, 0.15) is 12.4 Å². The standard InChI is InChI=1S/C34H38N2O6/c1-32-12-11-23(38)15-22(32)9-10-24-25-16-28-34(27(40)18-37,33(25,2)17-26(39)29(24)32)42-31(41-28)20-7-5-19(6-8-20)14-21-4-3-13-36-30(21)35/h3-8,11-13,15,24-26,28-29,31,37,39H,9-10,14,16-18H2,1-2H3,(H2,35,36)/t24-,25?,26-,28+,29?,31+,32-,33-,34+/m0/s1. The number of aliphatic hydroxyl groups is 2. The van der Waals surface area contributed by atoms with Crippen LogP contribution in [0.5, 0.6) is 0 Å². The Morgan fingerprint density at radius 3 is 2.71 bits per heavy atom. The molecule has 8 nitrogen and oxygen atoms in total. The molecule has 2 unspecified atom stereocenters. The summed E-state index contributed by atoms with van der Waals surface area (Å²) in [7, 11) is 0. The number of ether oxygens (including phenoxy) is 2. The van der Waals surface area contributed by atoms with Gasteiger partial charge in [0, 0.05) is 34.9 Å². The lowest BCUT2D eigenvalue weighted by molar-refractivity contribution is -0.201. The van der Waals surface area contributed by atoms with Gasteiger partial charge in [-0.1, -0.05) is 55.8 Å². The molecule has 3 saturated carbocycles. The van der Waals surface area contributed by atoms with Gasteiger partial charge < -0.3 is 25.4 Å². The molecule has 0 radical (unpaired) electrons. The molecule has 4 aliphatic carbocycles. The molecule has 1 aromatic carbocycles. The fraction of sp³-hybridized carbons (Fsp3) is 0.500. The van der Waals surface area contributed by atoms with Crippen LogP contribution in [0.4, 0.5) is 5.82 Å². The molecule has 1 aliphatic heterocycles. The van der Waals surface area contributed by atoms with Gasteiger partial charge in [-0.15, -0.1) is 0 Å². The Kier molecular flexibility index (Phi) is 6.37. The molecule has 0 amide bonds. The average molecular weight is 571 g/mol. The molecule has 1 aromatic heterocycles. The van der Waals surface area contributed by atoms with Crippen molar-refractivity contribution in [1.82, 2.24) is 4.98 Å². The summed E-state index contributed by atoms with van der Waals surface area (Å²) >= 11 is 0. The Morgan fingerprint density at radius 1 is 1.19 bits per heavy atom. The topological polar surface area (TPSA) is 132 Å². The number of aliphatic hydroxyl groups excluding tert-OH is 2. The molecule has 2 heterocycles. The van der Waals surface area contributed by atoms with Crippen LogP contribution in [-0.2, 0) is 25.5 Å². The second-order valence-electron chi connectivity index (χ2n) is 13.3. The number of carbonyl (C=O) groups excluding carboxylic acids is 2. The number of pyridine rings is 1. The molecule has 5 aliphatic rings. The second kappa shape index (κ2) is 9.67. The minimum Gasteiger partial charge on any atom is -0.393 e. The summed E-state index contributed by atoms with van der Waals surface area (Å²) in [5.41, 5.74) is 7.42. The largest absolute Gasteiger partial charge is 0.393 e. The highest BCUT2D eigenvalue weighted by atomic mass is 16.7. The van der Waals surface area contributed by atoms with E-state index < -0.39 is 41.5 Å². The smallest absolute Gasteiger partial charge is 0.193 e. The quantitative estimate of drug-likeness (QED) is 0.494. The van der Waals surface area contributed by atoms with Crippen molar-refractivity contribution in [3.63, 3.8) is 0 Å². The Hall–Kier alpha value is -3.17. The summed E-state index contributed by atoms with van der Waals surface area (Å²) in [4.78, 5) is 30.0. The normalized spacial score (nSPS) is 40.1. The van der Waals surface area contributed by atoms with Crippen molar-refractivity contribution in [3.8, 4) is 0 Å². The van der Waals surface area contributed by atoms with E-state index in [1.807, 2.05) is 49.4 Å². The number of anilines is 1. The highest BCUT2D eigenvalue weighted by Gasteiger charge is 2.75. The van der Waals surface area contributed by atoms with E-state index in [1.54, 1.807) is 18.3 Å². The molecule has 42 heavy (non-hydrogen) atoms. The Bertz CT molecular complexity index is 1500. The second-order valence-corrected chi connectivity index (χ2v) is 13.3. The lowest BCUT2D eigenvalue weighted by Gasteiger charge is -2.59. The fourth-order valence-corrected chi connectivity index (χ4v) is 9.45. The van der Waals surface area contributed by atoms with Crippen molar-refractivity contribution in [2.75, 3.05) is 12.3 Å². The number of benzene rings is 1. The highest BCUT2D eigenvalue weighted by Crippen LogP contribution is 2.70. The van der Waals surface area contributed by atoms with Crippen molar-refractivity contribution >= 4 is 17.4 Å². The third kappa shape index (κ3) is 3.78. The predicted molar refractivity (Wildman–Crippen MR) is 155 cm³/mol. The molecular formula is C34H38N2O6. The average Bonchev–Trinajstić information content (AvgIpc) is 3.47. The van der Waals surface area contributed by atoms with Crippen molar-refractivity contribution in [3.05, 3.63) is 83.1 Å². The summed E-state index contributed by atoms with van der Waals surface area (Å²) in [5.74, 6) is 0.230. The Balaban J connectivity index is 1.18. The highest BCUT2D eigenvalue weighted by molar-refractivity contribution is 6.01. The van der Waals surface area contributed by atoms with E-state index in [4.69, 9.17) is 15.2 Å². The number of Topliss-reactive ketones (excluding diaryl/α,β-unsaturated/α-hetero) is 1. The maximum Gasteiger partial charge on any atom is 0.193 e. The number of aromatic nitrogens is 1. The van der Waals surface area contributed by atoms with Crippen LogP contribution in [0.15, 0.2) is 66.4 Å². The molecule has 0 bridgehead atoms. The lowest BCUT2D eigenvalue weighted by atomic mass is 9.46. The number of allylic oxidation sites excluding steroid dienone is 4. The van der Waals surface area contributed by atoms with Crippen LogP contribution >= 0.6 is 0 Å². The molecule has 7 rings (SSSR count). The first-order chi connectivity index (χ1) is 20.1. The van der Waals surface area contributed by atoms with Crippen molar-refractivity contribution in [2.45, 2.75) is 70.1 Å².